The Morgan fingerprint density at radius 2 is 2.05 bits per heavy atom. The standard InChI is InChI=1S/C15H12N2O3S/c1-8-5-10(15(18)19)3-4-12(8)20-13-11-6-9(2)21-14(11)17-7-16-13/h3-7H,1-2H3,(H,18,19). The molecule has 3 aromatic rings. The highest BCUT2D eigenvalue weighted by atomic mass is 32.1. The summed E-state index contributed by atoms with van der Waals surface area (Å²) in [5.41, 5.74) is 0.979. The number of carbonyl (C=O) groups is 1. The van der Waals surface area contributed by atoms with Gasteiger partial charge in [0, 0.05) is 4.88 Å². The highest BCUT2D eigenvalue weighted by Crippen LogP contribution is 2.33. The first-order chi connectivity index (χ1) is 10.0. The molecule has 6 heteroatoms. The number of rotatable bonds is 3. The normalized spacial score (nSPS) is 10.8. The molecule has 0 bridgehead atoms. The fraction of sp³-hybridized carbons (Fsp3) is 0.133. The topological polar surface area (TPSA) is 72.3 Å². The van der Waals surface area contributed by atoms with E-state index in [0.717, 1.165) is 20.7 Å². The smallest absolute Gasteiger partial charge is 0.335 e. The molecule has 2 aromatic heterocycles. The van der Waals surface area contributed by atoms with Crippen molar-refractivity contribution in [3.05, 3.63) is 46.6 Å². The fourth-order valence-corrected chi connectivity index (χ4v) is 2.87. The highest BCUT2D eigenvalue weighted by Gasteiger charge is 2.12. The van der Waals surface area contributed by atoms with E-state index in [4.69, 9.17) is 9.84 Å². The van der Waals surface area contributed by atoms with Gasteiger partial charge in [0.15, 0.2) is 0 Å². The number of fused-ring (bicyclic) bond motifs is 1. The number of aromatic nitrogens is 2. The number of hydrogen-bond acceptors (Lipinski definition) is 5. The minimum atomic E-state index is -0.956. The molecule has 1 N–H and O–H groups in total. The van der Waals surface area contributed by atoms with Gasteiger partial charge in [0.2, 0.25) is 5.88 Å². The van der Waals surface area contributed by atoms with Gasteiger partial charge in [-0.2, -0.15) is 0 Å². The zero-order chi connectivity index (χ0) is 15.0. The molecule has 21 heavy (non-hydrogen) atoms. The molecular weight excluding hydrogens is 288 g/mol. The van der Waals surface area contributed by atoms with E-state index in [0.29, 0.717) is 11.6 Å². The lowest BCUT2D eigenvalue weighted by molar-refractivity contribution is 0.0697. The number of nitrogens with zero attached hydrogens (tertiary/aromatic N) is 2. The summed E-state index contributed by atoms with van der Waals surface area (Å²) in [7, 11) is 0. The number of ether oxygens (including phenoxy) is 1. The van der Waals surface area contributed by atoms with Gasteiger partial charge in [0.25, 0.3) is 0 Å². The van der Waals surface area contributed by atoms with Crippen molar-refractivity contribution in [1.29, 1.82) is 0 Å². The number of hydrogen-bond donors (Lipinski definition) is 1. The van der Waals surface area contributed by atoms with Gasteiger partial charge in [-0.05, 0) is 43.7 Å². The van der Waals surface area contributed by atoms with Crippen molar-refractivity contribution < 1.29 is 14.6 Å². The molecule has 0 atom stereocenters. The van der Waals surface area contributed by atoms with E-state index in [1.165, 1.54) is 12.4 Å². The SMILES string of the molecule is Cc1cc2c(Oc3ccc(C(=O)O)cc3C)ncnc2s1. The molecule has 1 aromatic carbocycles. The minimum absolute atomic E-state index is 0.235. The van der Waals surface area contributed by atoms with Crippen LogP contribution in [0.1, 0.15) is 20.8 Å². The molecule has 2 heterocycles. The lowest BCUT2D eigenvalue weighted by Gasteiger charge is -2.09. The van der Waals surface area contributed by atoms with Crippen LogP contribution in [0.15, 0.2) is 30.6 Å². The van der Waals surface area contributed by atoms with Crippen molar-refractivity contribution in [3.63, 3.8) is 0 Å². The molecule has 0 spiro atoms. The Balaban J connectivity index is 2.00. The molecule has 0 aliphatic carbocycles. The summed E-state index contributed by atoms with van der Waals surface area (Å²) in [4.78, 5) is 21.3. The van der Waals surface area contributed by atoms with Gasteiger partial charge in [-0.25, -0.2) is 14.8 Å². The minimum Gasteiger partial charge on any atom is -0.478 e. The summed E-state index contributed by atoms with van der Waals surface area (Å²) in [6, 6.07) is 6.72. The molecule has 3 rings (SSSR count). The van der Waals surface area contributed by atoms with E-state index in [2.05, 4.69) is 9.97 Å². The molecule has 0 aliphatic rings. The molecule has 0 aliphatic heterocycles. The van der Waals surface area contributed by atoms with Gasteiger partial charge in [-0.1, -0.05) is 0 Å². The molecule has 106 valence electrons. The third kappa shape index (κ3) is 2.57. The van der Waals surface area contributed by atoms with Gasteiger partial charge in [0.1, 0.15) is 16.9 Å². The monoisotopic (exact) mass is 300 g/mol. The third-order valence-electron chi connectivity index (χ3n) is 3.04. The van der Waals surface area contributed by atoms with Crippen LogP contribution < -0.4 is 4.74 Å². The third-order valence-corrected chi connectivity index (χ3v) is 4.00. The second kappa shape index (κ2) is 5.14. The Labute approximate surface area is 124 Å². The molecule has 0 unspecified atom stereocenters. The maximum atomic E-state index is 10.9. The molecule has 0 saturated heterocycles. The Morgan fingerprint density at radius 3 is 2.76 bits per heavy atom. The van der Waals surface area contributed by atoms with Crippen LogP contribution in [0.4, 0.5) is 0 Å². The summed E-state index contributed by atoms with van der Waals surface area (Å²) in [5.74, 6) is 0.113. The van der Waals surface area contributed by atoms with Crippen LogP contribution in [0.2, 0.25) is 0 Å². The number of aryl methyl sites for hydroxylation is 2. The van der Waals surface area contributed by atoms with E-state index >= 15 is 0 Å². The second-order valence-corrected chi connectivity index (χ2v) is 5.88. The maximum absolute atomic E-state index is 10.9. The first kappa shape index (κ1) is 13.5. The van der Waals surface area contributed by atoms with E-state index in [-0.39, 0.29) is 5.56 Å². The Bertz CT molecular complexity index is 842. The summed E-state index contributed by atoms with van der Waals surface area (Å²) in [5, 5.41) is 9.84. The van der Waals surface area contributed by atoms with Crippen LogP contribution in [0.25, 0.3) is 10.2 Å². The predicted molar refractivity (Wildman–Crippen MR) is 80.4 cm³/mol. The Kier molecular flexibility index (Phi) is 3.31. The molecule has 0 amide bonds. The van der Waals surface area contributed by atoms with Crippen LogP contribution in [0.5, 0.6) is 11.6 Å². The zero-order valence-corrected chi connectivity index (χ0v) is 12.3. The van der Waals surface area contributed by atoms with Gasteiger partial charge in [0.05, 0.1) is 10.9 Å². The maximum Gasteiger partial charge on any atom is 0.335 e. The molecule has 0 radical (unpaired) electrons. The van der Waals surface area contributed by atoms with Crippen molar-refractivity contribution in [1.82, 2.24) is 9.97 Å². The van der Waals surface area contributed by atoms with Crippen LogP contribution >= 0.6 is 11.3 Å². The molecule has 0 saturated carbocycles. The first-order valence-electron chi connectivity index (χ1n) is 6.27. The van der Waals surface area contributed by atoms with Crippen LogP contribution in [0, 0.1) is 13.8 Å². The van der Waals surface area contributed by atoms with Crippen molar-refractivity contribution in [2.75, 3.05) is 0 Å². The van der Waals surface area contributed by atoms with Gasteiger partial charge in [-0.15, -0.1) is 11.3 Å². The number of carboxylic acid groups (broad SMARTS) is 1. The average molecular weight is 300 g/mol. The predicted octanol–water partition coefficient (Wildman–Crippen LogP) is 3.80. The lowest BCUT2D eigenvalue weighted by Crippen LogP contribution is -1.98. The first-order valence-corrected chi connectivity index (χ1v) is 7.09. The number of benzene rings is 1. The zero-order valence-electron chi connectivity index (χ0n) is 11.5. The summed E-state index contributed by atoms with van der Waals surface area (Å²) >= 11 is 1.58. The fourth-order valence-electron chi connectivity index (χ4n) is 2.04. The van der Waals surface area contributed by atoms with Crippen molar-refractivity contribution in [2.24, 2.45) is 0 Å². The van der Waals surface area contributed by atoms with Crippen LogP contribution in [-0.2, 0) is 0 Å². The molecule has 5 nitrogen and oxygen atoms in total. The quantitative estimate of drug-likeness (QED) is 0.796. The summed E-state index contributed by atoms with van der Waals surface area (Å²) in [6.45, 7) is 3.81. The van der Waals surface area contributed by atoms with Gasteiger partial charge < -0.3 is 9.84 Å². The largest absolute Gasteiger partial charge is 0.478 e. The van der Waals surface area contributed by atoms with Crippen molar-refractivity contribution >= 4 is 27.5 Å². The van der Waals surface area contributed by atoms with Crippen molar-refractivity contribution in [3.8, 4) is 11.6 Å². The number of carboxylic acids is 1. The van der Waals surface area contributed by atoms with Crippen LogP contribution in [0.3, 0.4) is 0 Å². The highest BCUT2D eigenvalue weighted by molar-refractivity contribution is 7.18. The van der Waals surface area contributed by atoms with E-state index in [9.17, 15) is 4.79 Å². The van der Waals surface area contributed by atoms with Crippen molar-refractivity contribution in [2.45, 2.75) is 13.8 Å². The van der Waals surface area contributed by atoms with E-state index in [1.807, 2.05) is 13.0 Å². The van der Waals surface area contributed by atoms with E-state index < -0.39 is 5.97 Å². The Hall–Kier alpha value is -2.47. The summed E-state index contributed by atoms with van der Waals surface area (Å²) < 4.78 is 5.83. The van der Waals surface area contributed by atoms with Gasteiger partial charge >= 0.3 is 5.97 Å². The van der Waals surface area contributed by atoms with Gasteiger partial charge in [-0.3, -0.25) is 0 Å². The average Bonchev–Trinajstić information content (AvgIpc) is 2.82. The Morgan fingerprint density at radius 1 is 1.24 bits per heavy atom. The number of thiophene rings is 1. The number of aromatic carboxylic acids is 1. The molecule has 0 fully saturated rings. The lowest BCUT2D eigenvalue weighted by atomic mass is 10.1. The molecular formula is C15H12N2O3S. The summed E-state index contributed by atoms with van der Waals surface area (Å²) in [6.07, 6.45) is 1.47. The second-order valence-electron chi connectivity index (χ2n) is 4.64. The van der Waals surface area contributed by atoms with Crippen LogP contribution in [-0.4, -0.2) is 21.0 Å². The van der Waals surface area contributed by atoms with E-state index in [1.54, 1.807) is 30.4 Å².